The highest BCUT2D eigenvalue weighted by Crippen LogP contribution is 2.30. The molecule has 0 fully saturated rings. The molecule has 0 aliphatic carbocycles. The van der Waals surface area contributed by atoms with Crippen LogP contribution in [0.5, 0.6) is 0 Å². The lowest BCUT2D eigenvalue weighted by Crippen LogP contribution is -2.21. The van der Waals surface area contributed by atoms with Gasteiger partial charge in [-0.3, -0.25) is 4.79 Å². The molecule has 1 N–H and O–H groups in total. The van der Waals surface area contributed by atoms with Crippen molar-refractivity contribution in [2.24, 2.45) is 7.05 Å². The van der Waals surface area contributed by atoms with E-state index in [9.17, 15) is 18.4 Å². The SMILES string of the molecule is C=C/C(=C\C=C(/C)NC(=O)c1cc(-c2cc(F)c(F)cc2C(=O)OC)n(C)c1C)OCc1ccccc1. The van der Waals surface area contributed by atoms with Gasteiger partial charge >= 0.3 is 5.97 Å². The fourth-order valence-corrected chi connectivity index (χ4v) is 3.64. The molecule has 3 rings (SSSR count). The number of ether oxygens (including phenoxy) is 2. The highest BCUT2D eigenvalue weighted by Gasteiger charge is 2.23. The number of nitrogens with one attached hydrogen (secondary N) is 1. The first kappa shape index (κ1) is 27.1. The van der Waals surface area contributed by atoms with E-state index in [1.807, 2.05) is 30.3 Å². The Balaban J connectivity index is 1.82. The van der Waals surface area contributed by atoms with Crippen molar-refractivity contribution < 1.29 is 27.8 Å². The highest BCUT2D eigenvalue weighted by molar-refractivity contribution is 6.00. The van der Waals surface area contributed by atoms with Gasteiger partial charge in [-0.05, 0) is 55.8 Å². The predicted octanol–water partition coefficient (Wildman–Crippen LogP) is 5.99. The summed E-state index contributed by atoms with van der Waals surface area (Å²) in [6.07, 6.45) is 4.95. The molecule has 0 aliphatic rings. The van der Waals surface area contributed by atoms with Gasteiger partial charge in [0.2, 0.25) is 0 Å². The quantitative estimate of drug-likeness (QED) is 0.220. The van der Waals surface area contributed by atoms with Gasteiger partial charge in [-0.15, -0.1) is 0 Å². The fraction of sp³-hybridized carbons (Fsp3) is 0.172. The molecule has 0 radical (unpaired) electrons. The number of carbonyl (C=O) groups is 2. The zero-order valence-electron chi connectivity index (χ0n) is 21.1. The van der Waals surface area contributed by atoms with Gasteiger partial charge in [0.1, 0.15) is 12.4 Å². The van der Waals surface area contributed by atoms with Gasteiger partial charge in [-0.1, -0.05) is 36.9 Å². The standard InChI is InChI=1S/C29H28F2N2O4/c1-6-21(37-17-20-10-8-7-9-11-20)13-12-18(2)32-28(34)22-16-27(33(4)19(22)3)23-14-25(30)26(31)15-24(23)29(35)36-5/h6-16H,1,17H2,2-5H3,(H,32,34)/b18-12+,21-13+. The van der Waals surface area contributed by atoms with Crippen LogP contribution in [0.2, 0.25) is 0 Å². The van der Waals surface area contributed by atoms with Crippen LogP contribution in [0.4, 0.5) is 8.78 Å². The van der Waals surface area contributed by atoms with Crippen molar-refractivity contribution in [1.29, 1.82) is 0 Å². The molecular formula is C29H28F2N2O4. The average Bonchev–Trinajstić information content (AvgIpc) is 3.19. The number of nitrogens with zero attached hydrogens (tertiary/aromatic N) is 1. The number of carbonyl (C=O) groups excluding carboxylic acids is 2. The summed E-state index contributed by atoms with van der Waals surface area (Å²) < 4.78 is 40.0. The monoisotopic (exact) mass is 506 g/mol. The van der Waals surface area contributed by atoms with Crippen molar-refractivity contribution in [2.45, 2.75) is 20.5 Å². The number of benzene rings is 2. The second kappa shape index (κ2) is 12.0. The van der Waals surface area contributed by atoms with Crippen LogP contribution in [0.3, 0.4) is 0 Å². The van der Waals surface area contributed by atoms with Gasteiger partial charge in [0.25, 0.3) is 5.91 Å². The lowest BCUT2D eigenvalue weighted by atomic mass is 10.0. The lowest BCUT2D eigenvalue weighted by Gasteiger charge is -2.11. The van der Waals surface area contributed by atoms with Crippen molar-refractivity contribution in [2.75, 3.05) is 7.11 Å². The number of hydrogen-bond acceptors (Lipinski definition) is 4. The summed E-state index contributed by atoms with van der Waals surface area (Å²) in [5.41, 5.74) is 2.73. The van der Waals surface area contributed by atoms with E-state index in [4.69, 9.17) is 9.47 Å². The Kier molecular flexibility index (Phi) is 8.79. The fourth-order valence-electron chi connectivity index (χ4n) is 3.64. The maximum atomic E-state index is 14.1. The third kappa shape index (κ3) is 6.41. The van der Waals surface area contributed by atoms with Crippen LogP contribution in [0, 0.1) is 18.6 Å². The second-order valence-corrected chi connectivity index (χ2v) is 8.24. The summed E-state index contributed by atoms with van der Waals surface area (Å²) in [4.78, 5) is 25.2. The van der Waals surface area contributed by atoms with Crippen molar-refractivity contribution in [3.63, 3.8) is 0 Å². The highest BCUT2D eigenvalue weighted by atomic mass is 19.2. The average molecular weight is 507 g/mol. The van der Waals surface area contributed by atoms with E-state index >= 15 is 0 Å². The Hall–Kier alpha value is -4.46. The van der Waals surface area contributed by atoms with Gasteiger partial charge in [0, 0.05) is 29.7 Å². The predicted molar refractivity (Wildman–Crippen MR) is 138 cm³/mol. The van der Waals surface area contributed by atoms with Crippen LogP contribution in [0.15, 0.2) is 84.8 Å². The number of esters is 1. The molecule has 0 bridgehead atoms. The molecule has 37 heavy (non-hydrogen) atoms. The third-order valence-electron chi connectivity index (χ3n) is 5.78. The van der Waals surface area contributed by atoms with Crippen molar-refractivity contribution in [3.8, 4) is 11.3 Å². The molecule has 6 nitrogen and oxygen atoms in total. The number of halogens is 2. The number of rotatable bonds is 9. The normalized spacial score (nSPS) is 11.7. The first-order valence-corrected chi connectivity index (χ1v) is 11.4. The minimum Gasteiger partial charge on any atom is -0.489 e. The molecule has 0 aliphatic heterocycles. The van der Waals surface area contributed by atoms with Gasteiger partial charge in [-0.25, -0.2) is 13.6 Å². The lowest BCUT2D eigenvalue weighted by molar-refractivity contribution is 0.0600. The summed E-state index contributed by atoms with van der Waals surface area (Å²) in [6.45, 7) is 7.56. The van der Waals surface area contributed by atoms with E-state index in [0.717, 1.165) is 24.8 Å². The van der Waals surface area contributed by atoms with Crippen LogP contribution < -0.4 is 5.32 Å². The first-order valence-electron chi connectivity index (χ1n) is 11.4. The molecular weight excluding hydrogens is 478 g/mol. The maximum Gasteiger partial charge on any atom is 0.338 e. The molecule has 0 saturated carbocycles. The molecule has 2 aromatic carbocycles. The van der Waals surface area contributed by atoms with Crippen LogP contribution in [0.25, 0.3) is 11.3 Å². The summed E-state index contributed by atoms with van der Waals surface area (Å²) >= 11 is 0. The van der Waals surface area contributed by atoms with E-state index in [1.165, 1.54) is 6.07 Å². The van der Waals surface area contributed by atoms with E-state index in [1.54, 1.807) is 43.7 Å². The molecule has 1 heterocycles. The van der Waals surface area contributed by atoms with Crippen LogP contribution in [-0.2, 0) is 23.1 Å². The third-order valence-corrected chi connectivity index (χ3v) is 5.78. The molecule has 0 spiro atoms. The van der Waals surface area contributed by atoms with E-state index < -0.39 is 23.5 Å². The van der Waals surface area contributed by atoms with Crippen LogP contribution in [0.1, 0.15) is 38.9 Å². The summed E-state index contributed by atoms with van der Waals surface area (Å²) in [5, 5.41) is 2.80. The Morgan fingerprint density at radius 3 is 2.38 bits per heavy atom. The molecule has 0 atom stereocenters. The van der Waals surface area contributed by atoms with Crippen molar-refractivity contribution >= 4 is 11.9 Å². The van der Waals surface area contributed by atoms with Crippen molar-refractivity contribution in [1.82, 2.24) is 9.88 Å². The molecule has 1 amide bonds. The van der Waals surface area contributed by atoms with E-state index in [0.29, 0.717) is 35.0 Å². The summed E-state index contributed by atoms with van der Waals surface area (Å²) in [6, 6.07) is 12.9. The topological polar surface area (TPSA) is 69.6 Å². The Bertz CT molecular complexity index is 1390. The largest absolute Gasteiger partial charge is 0.489 e. The number of hydrogen-bond donors (Lipinski definition) is 1. The number of amides is 1. The molecule has 8 heteroatoms. The molecule has 1 aromatic heterocycles. The summed E-state index contributed by atoms with van der Waals surface area (Å²) in [5.74, 6) is -2.99. The Labute approximate surface area is 214 Å². The van der Waals surface area contributed by atoms with Gasteiger partial charge in [0.15, 0.2) is 11.6 Å². The zero-order chi connectivity index (χ0) is 27.1. The van der Waals surface area contributed by atoms with E-state index in [2.05, 4.69) is 11.9 Å². The van der Waals surface area contributed by atoms with Gasteiger partial charge < -0.3 is 19.4 Å². The van der Waals surface area contributed by atoms with Gasteiger partial charge in [-0.2, -0.15) is 0 Å². The minimum atomic E-state index is -1.17. The van der Waals surface area contributed by atoms with E-state index in [-0.39, 0.29) is 11.1 Å². The molecule has 3 aromatic rings. The number of allylic oxidation sites excluding steroid dienone is 4. The molecule has 0 saturated heterocycles. The molecule has 192 valence electrons. The summed E-state index contributed by atoms with van der Waals surface area (Å²) in [7, 11) is 2.81. The first-order chi connectivity index (χ1) is 17.7. The number of aromatic nitrogens is 1. The zero-order valence-corrected chi connectivity index (χ0v) is 21.1. The Morgan fingerprint density at radius 2 is 1.73 bits per heavy atom. The minimum absolute atomic E-state index is 0.108. The maximum absolute atomic E-state index is 14.1. The second-order valence-electron chi connectivity index (χ2n) is 8.24. The number of methoxy groups -OCH3 is 1. The molecule has 0 unspecified atom stereocenters. The van der Waals surface area contributed by atoms with Crippen LogP contribution in [-0.4, -0.2) is 23.6 Å². The smallest absolute Gasteiger partial charge is 0.338 e. The van der Waals surface area contributed by atoms with Crippen molar-refractivity contribution in [3.05, 3.63) is 119 Å². The van der Waals surface area contributed by atoms with Gasteiger partial charge in [0.05, 0.1) is 18.2 Å². The van der Waals surface area contributed by atoms with Crippen LogP contribution >= 0.6 is 0 Å². The Morgan fingerprint density at radius 1 is 1.05 bits per heavy atom.